The summed E-state index contributed by atoms with van der Waals surface area (Å²) in [5.74, 6) is -0.784. The van der Waals surface area contributed by atoms with E-state index in [0.29, 0.717) is 10.9 Å². The minimum Gasteiger partial charge on any atom is -0.329 e. The first-order valence-corrected chi connectivity index (χ1v) is 8.35. The Morgan fingerprint density at radius 1 is 1.47 bits per heavy atom. The van der Waals surface area contributed by atoms with Crippen LogP contribution in [0.2, 0.25) is 0 Å². The molecule has 0 heterocycles. The predicted octanol–water partition coefficient (Wildman–Crippen LogP) is 2.38. The maximum absolute atomic E-state index is 13.7. The van der Waals surface area contributed by atoms with E-state index < -0.39 is 15.8 Å². The zero-order valence-corrected chi connectivity index (χ0v) is 13.1. The molecule has 0 fully saturated rings. The van der Waals surface area contributed by atoms with Crippen molar-refractivity contribution in [1.29, 1.82) is 0 Å². The molecule has 1 atom stereocenters. The minimum absolute atomic E-state index is 0.192. The Morgan fingerprint density at radius 2 is 2.16 bits per heavy atom. The molecule has 1 unspecified atom stereocenters. The highest BCUT2D eigenvalue weighted by atomic mass is 79.9. The normalized spacial score (nSPS) is 13.5. The number of hydrogen-bond donors (Lipinski definition) is 2. The molecule has 0 aliphatic rings. The van der Waals surface area contributed by atoms with Gasteiger partial charge in [0.2, 0.25) is 10.0 Å². The maximum Gasteiger partial charge on any atom is 0.243 e. The van der Waals surface area contributed by atoms with Gasteiger partial charge in [0.1, 0.15) is 10.7 Å². The monoisotopic (exact) mass is 352 g/mol. The second-order valence-electron chi connectivity index (χ2n) is 4.27. The first kappa shape index (κ1) is 16.6. The van der Waals surface area contributed by atoms with Crippen molar-refractivity contribution in [1.82, 2.24) is 4.72 Å². The first-order chi connectivity index (χ1) is 8.90. The molecule has 1 rings (SSSR count). The highest BCUT2D eigenvalue weighted by Gasteiger charge is 2.22. The van der Waals surface area contributed by atoms with Gasteiger partial charge < -0.3 is 5.73 Å². The van der Waals surface area contributed by atoms with Crippen molar-refractivity contribution < 1.29 is 12.8 Å². The highest BCUT2D eigenvalue weighted by Crippen LogP contribution is 2.19. The molecular formula is C12H18BrFN2O2S. The van der Waals surface area contributed by atoms with Gasteiger partial charge in [-0.25, -0.2) is 17.5 Å². The van der Waals surface area contributed by atoms with E-state index in [1.807, 2.05) is 6.92 Å². The predicted molar refractivity (Wildman–Crippen MR) is 76.8 cm³/mol. The number of rotatable bonds is 7. The smallest absolute Gasteiger partial charge is 0.243 e. The molecule has 0 saturated heterocycles. The first-order valence-electron chi connectivity index (χ1n) is 6.08. The Kier molecular flexibility index (Phi) is 6.38. The van der Waals surface area contributed by atoms with Crippen molar-refractivity contribution in [3.63, 3.8) is 0 Å². The van der Waals surface area contributed by atoms with Gasteiger partial charge in [0, 0.05) is 17.1 Å². The summed E-state index contributed by atoms with van der Waals surface area (Å²) in [7, 11) is -3.88. The van der Waals surface area contributed by atoms with Crippen LogP contribution < -0.4 is 10.5 Å². The van der Waals surface area contributed by atoms with Gasteiger partial charge in [0.15, 0.2) is 0 Å². The summed E-state index contributed by atoms with van der Waals surface area (Å²) in [5.41, 5.74) is 5.53. The summed E-state index contributed by atoms with van der Waals surface area (Å²) < 4.78 is 40.8. The van der Waals surface area contributed by atoms with Gasteiger partial charge in [-0.3, -0.25) is 0 Å². The molecule has 4 nitrogen and oxygen atoms in total. The van der Waals surface area contributed by atoms with Crippen molar-refractivity contribution in [2.75, 3.05) is 6.54 Å². The molecule has 0 saturated carbocycles. The lowest BCUT2D eigenvalue weighted by molar-refractivity contribution is 0.509. The van der Waals surface area contributed by atoms with E-state index >= 15 is 0 Å². The van der Waals surface area contributed by atoms with E-state index in [1.165, 1.54) is 12.1 Å². The van der Waals surface area contributed by atoms with Crippen molar-refractivity contribution in [3.8, 4) is 0 Å². The van der Waals surface area contributed by atoms with Crippen molar-refractivity contribution in [2.24, 2.45) is 5.73 Å². The Morgan fingerprint density at radius 3 is 2.68 bits per heavy atom. The molecule has 0 spiro atoms. The second-order valence-corrected chi connectivity index (χ2v) is 6.87. The van der Waals surface area contributed by atoms with E-state index in [4.69, 9.17) is 5.73 Å². The third-order valence-electron chi connectivity index (χ3n) is 2.70. The fraction of sp³-hybridized carbons (Fsp3) is 0.500. The molecule has 1 aromatic carbocycles. The lowest BCUT2D eigenvalue weighted by Crippen LogP contribution is -2.40. The molecule has 3 N–H and O–H groups in total. The van der Waals surface area contributed by atoms with Crippen molar-refractivity contribution >= 4 is 26.0 Å². The lowest BCUT2D eigenvalue weighted by Gasteiger charge is -2.17. The summed E-state index contributed by atoms with van der Waals surface area (Å²) in [5, 5.41) is 0. The molecule has 0 amide bonds. The van der Waals surface area contributed by atoms with Crippen LogP contribution in [0.15, 0.2) is 27.6 Å². The van der Waals surface area contributed by atoms with Gasteiger partial charge in [-0.15, -0.1) is 0 Å². The Bertz CT molecular complexity index is 522. The number of nitrogens with two attached hydrogens (primary N) is 1. The van der Waals surface area contributed by atoms with E-state index in [-0.39, 0.29) is 17.5 Å². The zero-order valence-electron chi connectivity index (χ0n) is 10.7. The van der Waals surface area contributed by atoms with Crippen molar-refractivity contribution in [2.45, 2.75) is 37.1 Å². The van der Waals surface area contributed by atoms with Gasteiger partial charge in [-0.05, 0) is 24.6 Å². The molecule has 0 aromatic heterocycles. The number of benzene rings is 1. The Balaban J connectivity index is 2.90. The molecular weight excluding hydrogens is 335 g/mol. The van der Waals surface area contributed by atoms with E-state index in [9.17, 15) is 12.8 Å². The van der Waals surface area contributed by atoms with Crippen LogP contribution in [0.1, 0.15) is 26.2 Å². The summed E-state index contributed by atoms with van der Waals surface area (Å²) in [6.07, 6.45) is 2.46. The molecule has 0 radical (unpaired) electrons. The van der Waals surface area contributed by atoms with Crippen LogP contribution in [0.4, 0.5) is 4.39 Å². The topological polar surface area (TPSA) is 72.2 Å². The van der Waals surface area contributed by atoms with Gasteiger partial charge in [0.25, 0.3) is 0 Å². The van der Waals surface area contributed by atoms with Crippen LogP contribution in [-0.2, 0) is 10.0 Å². The van der Waals surface area contributed by atoms with Crippen LogP contribution in [0.25, 0.3) is 0 Å². The average molecular weight is 353 g/mol. The Hall–Kier alpha value is -0.500. The number of unbranched alkanes of at least 4 members (excludes halogenated alkanes) is 1. The van der Waals surface area contributed by atoms with E-state index in [0.717, 1.165) is 18.9 Å². The summed E-state index contributed by atoms with van der Waals surface area (Å²) in [6.45, 7) is 2.20. The van der Waals surface area contributed by atoms with Crippen LogP contribution >= 0.6 is 15.9 Å². The van der Waals surface area contributed by atoms with Gasteiger partial charge in [-0.1, -0.05) is 35.7 Å². The molecule has 1 aromatic rings. The standard InChI is InChI=1S/C12H18BrFN2O2S/c1-2-3-4-10(8-15)16-19(17,18)12-6-5-9(13)7-11(12)14/h5-7,10,16H,2-4,8,15H2,1H3. The fourth-order valence-corrected chi connectivity index (χ4v) is 3.33. The summed E-state index contributed by atoms with van der Waals surface area (Å²) in [4.78, 5) is -0.356. The van der Waals surface area contributed by atoms with Gasteiger partial charge in [-0.2, -0.15) is 0 Å². The van der Waals surface area contributed by atoms with Gasteiger partial charge >= 0.3 is 0 Å². The number of sulfonamides is 1. The molecule has 0 aliphatic heterocycles. The van der Waals surface area contributed by atoms with Crippen LogP contribution in [0.3, 0.4) is 0 Å². The van der Waals surface area contributed by atoms with Crippen LogP contribution in [0, 0.1) is 5.82 Å². The fourth-order valence-electron chi connectivity index (χ4n) is 1.65. The van der Waals surface area contributed by atoms with Crippen LogP contribution in [0.5, 0.6) is 0 Å². The van der Waals surface area contributed by atoms with Crippen LogP contribution in [-0.4, -0.2) is 21.0 Å². The number of hydrogen-bond acceptors (Lipinski definition) is 3. The summed E-state index contributed by atoms with van der Waals surface area (Å²) >= 11 is 3.09. The van der Waals surface area contributed by atoms with E-state index in [1.54, 1.807) is 0 Å². The third kappa shape index (κ3) is 4.83. The quantitative estimate of drug-likeness (QED) is 0.791. The minimum atomic E-state index is -3.88. The maximum atomic E-state index is 13.7. The third-order valence-corrected chi connectivity index (χ3v) is 4.74. The largest absolute Gasteiger partial charge is 0.329 e. The molecule has 0 aliphatic carbocycles. The summed E-state index contributed by atoms with van der Waals surface area (Å²) in [6, 6.07) is 3.47. The SMILES string of the molecule is CCCCC(CN)NS(=O)(=O)c1ccc(Br)cc1F. The van der Waals surface area contributed by atoms with Gasteiger partial charge in [0.05, 0.1) is 0 Å². The lowest BCUT2D eigenvalue weighted by atomic mass is 10.1. The number of nitrogens with one attached hydrogen (secondary N) is 1. The second kappa shape index (κ2) is 7.33. The van der Waals surface area contributed by atoms with E-state index in [2.05, 4.69) is 20.7 Å². The highest BCUT2D eigenvalue weighted by molar-refractivity contribution is 9.10. The molecule has 7 heteroatoms. The molecule has 0 bridgehead atoms. The molecule has 19 heavy (non-hydrogen) atoms. The zero-order chi connectivity index (χ0) is 14.5. The Labute approximate surface area is 121 Å². The van der Waals surface area contributed by atoms with Crippen molar-refractivity contribution in [3.05, 3.63) is 28.5 Å². The molecule has 108 valence electrons. The average Bonchev–Trinajstić information content (AvgIpc) is 2.33. The number of halogens is 2.